The van der Waals surface area contributed by atoms with E-state index in [4.69, 9.17) is 15.1 Å². The first-order valence-corrected chi connectivity index (χ1v) is 15.0. The summed E-state index contributed by atoms with van der Waals surface area (Å²) in [5.41, 5.74) is 13.4. The number of carbonyl (C=O) groups is 3. The third-order valence-electron chi connectivity index (χ3n) is 8.67. The summed E-state index contributed by atoms with van der Waals surface area (Å²) in [6.07, 6.45) is 4.27. The van der Waals surface area contributed by atoms with Crippen molar-refractivity contribution in [3.05, 3.63) is 88.5 Å². The van der Waals surface area contributed by atoms with Crippen LogP contribution in [-0.4, -0.2) is 54.5 Å². The van der Waals surface area contributed by atoms with Crippen LogP contribution in [0, 0.1) is 13.8 Å². The van der Waals surface area contributed by atoms with Gasteiger partial charge in [-0.15, -0.1) is 0 Å². The minimum Gasteiger partial charge on any atom is -0.481 e. The Labute approximate surface area is 266 Å². The molecular weight excluding hydrogens is 582 g/mol. The third kappa shape index (κ3) is 6.19. The second kappa shape index (κ2) is 12.8. The van der Waals surface area contributed by atoms with Gasteiger partial charge in [0.2, 0.25) is 5.91 Å². The number of carboxylic acids is 2. The van der Waals surface area contributed by atoms with Crippen molar-refractivity contribution in [3.8, 4) is 0 Å². The Morgan fingerprint density at radius 2 is 1.35 bits per heavy atom. The summed E-state index contributed by atoms with van der Waals surface area (Å²) >= 11 is 0. The van der Waals surface area contributed by atoms with Gasteiger partial charge in [0.25, 0.3) is 0 Å². The van der Waals surface area contributed by atoms with Gasteiger partial charge in [-0.05, 0) is 98.2 Å². The number of hydrogen-bond acceptors (Lipinski definition) is 5. The standard InChI is InChI=1S/C36H37N5O5/c1-7-22-18(3)26-13-27-21(6)25(10-12-35(43)44)33(40-27)16-32-24(9-11-34(42)37-17-36(45)46)20(5)29(41-32)15-31-23(8-2)19(4)28(39-31)14-30(22)38-26/h7-8,13-16,38,41H,1-2,9-12,17H2,3-6H3,(H,37,42)(H,43,44)(H,45,46). The lowest BCUT2D eigenvalue weighted by atomic mass is 10.00. The lowest BCUT2D eigenvalue weighted by molar-refractivity contribution is -0.138. The molecule has 0 saturated heterocycles. The molecule has 1 amide bonds. The van der Waals surface area contributed by atoms with Crippen LogP contribution in [0.15, 0.2) is 43.5 Å². The Morgan fingerprint density at radius 1 is 0.739 bits per heavy atom. The molecule has 0 atom stereocenters. The van der Waals surface area contributed by atoms with Crippen LogP contribution in [0.4, 0.5) is 0 Å². The molecule has 8 bridgehead atoms. The van der Waals surface area contributed by atoms with Gasteiger partial charge >= 0.3 is 11.9 Å². The second-order valence-electron chi connectivity index (χ2n) is 11.5. The van der Waals surface area contributed by atoms with Gasteiger partial charge in [0.05, 0.1) is 22.8 Å². The van der Waals surface area contributed by atoms with Gasteiger partial charge in [0, 0.05) is 46.0 Å². The average Bonchev–Trinajstić information content (AvgIpc) is 3.66. The van der Waals surface area contributed by atoms with Gasteiger partial charge < -0.3 is 25.5 Å². The van der Waals surface area contributed by atoms with Crippen LogP contribution in [0.3, 0.4) is 0 Å². The van der Waals surface area contributed by atoms with Gasteiger partial charge in [0.1, 0.15) is 6.54 Å². The molecule has 0 fully saturated rings. The number of hydrogen-bond donors (Lipinski definition) is 5. The lowest BCUT2D eigenvalue weighted by Gasteiger charge is -2.04. The number of carboxylic acid groups (broad SMARTS) is 2. The van der Waals surface area contributed by atoms with Crippen LogP contribution in [0.1, 0.15) is 78.1 Å². The van der Waals surface area contributed by atoms with E-state index in [1.165, 1.54) is 0 Å². The van der Waals surface area contributed by atoms with E-state index < -0.39 is 18.5 Å². The number of aliphatic carboxylic acids is 2. The maximum Gasteiger partial charge on any atom is 0.322 e. The van der Waals surface area contributed by atoms with E-state index in [2.05, 4.69) is 28.4 Å². The molecule has 10 nitrogen and oxygen atoms in total. The fourth-order valence-electron chi connectivity index (χ4n) is 6.04. The number of aromatic amines is 2. The Bertz CT molecular complexity index is 2060. The molecule has 0 radical (unpaired) electrons. The minimum atomic E-state index is -1.11. The molecule has 2 aliphatic rings. The van der Waals surface area contributed by atoms with Crippen molar-refractivity contribution in [2.75, 3.05) is 6.54 Å². The molecule has 5 rings (SSSR count). The van der Waals surface area contributed by atoms with Crippen molar-refractivity contribution in [2.45, 2.75) is 53.4 Å². The summed E-state index contributed by atoms with van der Waals surface area (Å²) in [5, 5.41) is 20.9. The summed E-state index contributed by atoms with van der Waals surface area (Å²) in [5.74, 6) is -2.39. The van der Waals surface area contributed by atoms with Crippen LogP contribution < -0.4 is 5.32 Å². The summed E-state index contributed by atoms with van der Waals surface area (Å²) in [4.78, 5) is 52.1. The number of H-pyrrole nitrogens is 2. The zero-order valence-electron chi connectivity index (χ0n) is 26.4. The first-order chi connectivity index (χ1) is 21.9. The van der Waals surface area contributed by atoms with Gasteiger partial charge in [-0.3, -0.25) is 14.4 Å². The van der Waals surface area contributed by atoms with Crippen LogP contribution in [0.25, 0.3) is 50.4 Å². The smallest absolute Gasteiger partial charge is 0.322 e. The molecule has 236 valence electrons. The molecule has 3 aromatic rings. The van der Waals surface area contributed by atoms with E-state index in [1.54, 1.807) is 6.08 Å². The number of nitrogens with one attached hydrogen (secondary N) is 3. The predicted molar refractivity (Wildman–Crippen MR) is 182 cm³/mol. The van der Waals surface area contributed by atoms with Crippen molar-refractivity contribution in [1.29, 1.82) is 0 Å². The normalized spacial score (nSPS) is 12.8. The predicted octanol–water partition coefficient (Wildman–Crippen LogP) is 6.62. The maximum atomic E-state index is 12.5. The quantitative estimate of drug-likeness (QED) is 0.170. The number of aromatic nitrogens is 4. The molecule has 2 aliphatic heterocycles. The first kappa shape index (κ1) is 31.9. The fourth-order valence-corrected chi connectivity index (χ4v) is 6.04. The number of rotatable bonds is 10. The first-order valence-electron chi connectivity index (χ1n) is 15.0. The second-order valence-corrected chi connectivity index (χ2v) is 11.5. The highest BCUT2D eigenvalue weighted by molar-refractivity contribution is 5.98. The molecule has 0 spiro atoms. The number of aryl methyl sites for hydroxylation is 3. The summed E-state index contributed by atoms with van der Waals surface area (Å²) in [7, 11) is 0. The Kier molecular flexibility index (Phi) is 8.91. The Hall–Kier alpha value is -5.51. The average molecular weight is 620 g/mol. The van der Waals surface area contributed by atoms with Crippen molar-refractivity contribution < 1.29 is 24.6 Å². The zero-order valence-corrected chi connectivity index (χ0v) is 26.4. The van der Waals surface area contributed by atoms with Gasteiger partial charge in [-0.2, -0.15) is 0 Å². The molecule has 0 aromatic carbocycles. The minimum absolute atomic E-state index is 0.0537. The monoisotopic (exact) mass is 619 g/mol. The highest BCUT2D eigenvalue weighted by Gasteiger charge is 2.21. The number of fused-ring (bicyclic) bond motifs is 8. The molecular formula is C36H37N5O5. The molecule has 5 heterocycles. The van der Waals surface area contributed by atoms with Crippen molar-refractivity contribution in [1.82, 2.24) is 25.3 Å². The van der Waals surface area contributed by atoms with E-state index in [9.17, 15) is 19.5 Å². The van der Waals surface area contributed by atoms with E-state index in [0.717, 1.165) is 78.0 Å². The summed E-state index contributed by atoms with van der Waals surface area (Å²) < 4.78 is 0. The molecule has 10 heteroatoms. The number of allylic oxidation sites excluding steroid dienone is 5. The highest BCUT2D eigenvalue weighted by atomic mass is 16.4. The van der Waals surface area contributed by atoms with E-state index >= 15 is 0 Å². The molecule has 5 N–H and O–H groups in total. The zero-order chi connectivity index (χ0) is 33.3. The maximum absolute atomic E-state index is 12.5. The number of amides is 1. The van der Waals surface area contributed by atoms with Crippen LogP contribution in [0.5, 0.6) is 0 Å². The molecule has 3 aromatic heterocycles. The Morgan fingerprint density at radius 3 is 2.02 bits per heavy atom. The van der Waals surface area contributed by atoms with E-state index in [1.807, 2.05) is 58.0 Å². The van der Waals surface area contributed by atoms with Crippen LogP contribution in [0.2, 0.25) is 0 Å². The molecule has 46 heavy (non-hydrogen) atoms. The fraction of sp³-hybridized carbons (Fsp3) is 0.250. The van der Waals surface area contributed by atoms with Gasteiger partial charge in [-0.1, -0.05) is 25.3 Å². The molecule has 0 unspecified atom stereocenters. The van der Waals surface area contributed by atoms with Crippen molar-refractivity contribution >= 4 is 68.3 Å². The summed E-state index contributed by atoms with van der Waals surface area (Å²) in [6, 6.07) is 7.84. The topological polar surface area (TPSA) is 161 Å². The number of carbonyl (C=O) groups excluding carboxylic acids is 1. The molecule has 0 aliphatic carbocycles. The third-order valence-corrected chi connectivity index (χ3v) is 8.67. The van der Waals surface area contributed by atoms with Gasteiger partial charge in [-0.25, -0.2) is 9.97 Å². The Balaban J connectivity index is 1.84. The van der Waals surface area contributed by atoms with Crippen LogP contribution in [-0.2, 0) is 20.8 Å². The van der Waals surface area contributed by atoms with Crippen molar-refractivity contribution in [3.63, 3.8) is 0 Å². The van der Waals surface area contributed by atoms with Gasteiger partial charge in [0.15, 0.2) is 0 Å². The van der Waals surface area contributed by atoms with E-state index in [-0.39, 0.29) is 18.7 Å². The number of nitrogens with zero attached hydrogens (tertiary/aromatic N) is 2. The largest absolute Gasteiger partial charge is 0.481 e. The lowest BCUT2D eigenvalue weighted by Crippen LogP contribution is -2.29. The van der Waals surface area contributed by atoms with Crippen molar-refractivity contribution in [2.24, 2.45) is 0 Å². The van der Waals surface area contributed by atoms with E-state index in [0.29, 0.717) is 24.2 Å². The van der Waals surface area contributed by atoms with Crippen LogP contribution >= 0.6 is 0 Å². The molecule has 0 saturated carbocycles. The SMILES string of the molecule is C=CC1=C(C)c2cc3[nH]c(cc4nc(cc5[nH]c(cc1n2)c(C)c5CCC(=O)NCC(=O)O)C(CCC(=O)O)=C4C)c(C)c3C=C. The highest BCUT2D eigenvalue weighted by Crippen LogP contribution is 2.36. The summed E-state index contributed by atoms with van der Waals surface area (Å²) in [6.45, 7) is 15.6.